The molecular formula is C16H31NO. The summed E-state index contributed by atoms with van der Waals surface area (Å²) in [4.78, 5) is 0. The summed E-state index contributed by atoms with van der Waals surface area (Å²) in [6.45, 7) is 7.56. The molecule has 0 heterocycles. The van der Waals surface area contributed by atoms with Crippen LogP contribution in [0, 0.1) is 23.2 Å². The van der Waals surface area contributed by atoms with E-state index >= 15 is 0 Å². The van der Waals surface area contributed by atoms with Crippen molar-refractivity contribution in [1.82, 2.24) is 0 Å². The molecule has 0 aromatic carbocycles. The molecule has 0 bridgehead atoms. The summed E-state index contributed by atoms with van der Waals surface area (Å²) in [6.07, 6.45) is 7.98. The summed E-state index contributed by atoms with van der Waals surface area (Å²) in [5, 5.41) is 11.3. The van der Waals surface area contributed by atoms with Crippen molar-refractivity contribution in [3.8, 4) is 0 Å². The lowest BCUT2D eigenvalue weighted by atomic mass is 9.54. The second-order valence-corrected chi connectivity index (χ2v) is 7.57. The van der Waals surface area contributed by atoms with E-state index in [1.165, 1.54) is 19.3 Å². The maximum Gasteiger partial charge on any atom is 0.0720 e. The van der Waals surface area contributed by atoms with Gasteiger partial charge in [-0.25, -0.2) is 0 Å². The lowest BCUT2D eigenvalue weighted by molar-refractivity contribution is -0.147. The molecule has 0 amide bonds. The Balaban J connectivity index is 2.24. The highest BCUT2D eigenvalue weighted by atomic mass is 16.3. The third-order valence-electron chi connectivity index (χ3n) is 5.65. The molecule has 4 unspecified atom stereocenters. The van der Waals surface area contributed by atoms with Gasteiger partial charge < -0.3 is 10.8 Å². The molecule has 4 atom stereocenters. The smallest absolute Gasteiger partial charge is 0.0720 e. The number of nitrogens with two attached hydrogens (primary N) is 1. The van der Waals surface area contributed by atoms with Gasteiger partial charge in [-0.1, -0.05) is 33.6 Å². The minimum Gasteiger partial charge on any atom is -0.389 e. The monoisotopic (exact) mass is 253 g/mol. The van der Waals surface area contributed by atoms with Gasteiger partial charge in [-0.2, -0.15) is 0 Å². The average Bonchev–Trinajstić information content (AvgIpc) is 2.26. The predicted molar refractivity (Wildman–Crippen MR) is 76.2 cm³/mol. The van der Waals surface area contributed by atoms with Crippen molar-refractivity contribution >= 4 is 0 Å². The number of hydrogen-bond acceptors (Lipinski definition) is 2. The van der Waals surface area contributed by atoms with Crippen LogP contribution in [0.2, 0.25) is 0 Å². The highest BCUT2D eigenvalue weighted by molar-refractivity contribution is 5.05. The van der Waals surface area contributed by atoms with E-state index in [1.54, 1.807) is 0 Å². The van der Waals surface area contributed by atoms with E-state index in [9.17, 15) is 5.11 Å². The highest BCUT2D eigenvalue weighted by Crippen LogP contribution is 2.53. The molecule has 2 saturated carbocycles. The maximum atomic E-state index is 11.3. The van der Waals surface area contributed by atoms with Crippen molar-refractivity contribution < 1.29 is 5.11 Å². The van der Waals surface area contributed by atoms with Crippen molar-refractivity contribution in [2.24, 2.45) is 28.9 Å². The first kappa shape index (κ1) is 14.3. The van der Waals surface area contributed by atoms with Crippen molar-refractivity contribution in [2.75, 3.05) is 6.54 Å². The van der Waals surface area contributed by atoms with Crippen LogP contribution in [0.15, 0.2) is 0 Å². The van der Waals surface area contributed by atoms with Crippen molar-refractivity contribution in [2.45, 2.75) is 71.3 Å². The molecule has 2 fully saturated rings. The molecule has 2 heteroatoms. The third-order valence-corrected chi connectivity index (χ3v) is 5.65. The Hall–Kier alpha value is -0.0800. The van der Waals surface area contributed by atoms with Crippen LogP contribution < -0.4 is 5.73 Å². The zero-order valence-corrected chi connectivity index (χ0v) is 12.4. The molecule has 0 aromatic heterocycles. The average molecular weight is 253 g/mol. The molecule has 0 radical (unpaired) electrons. The van der Waals surface area contributed by atoms with Gasteiger partial charge in [-0.15, -0.1) is 0 Å². The zero-order valence-electron chi connectivity index (χ0n) is 12.4. The molecule has 2 rings (SSSR count). The predicted octanol–water partition coefficient (Wildman–Crippen LogP) is 3.33. The van der Waals surface area contributed by atoms with Crippen LogP contribution in [0.5, 0.6) is 0 Å². The quantitative estimate of drug-likeness (QED) is 0.793. The van der Waals surface area contributed by atoms with Gasteiger partial charge in [-0.3, -0.25) is 0 Å². The molecule has 0 aliphatic heterocycles. The maximum absolute atomic E-state index is 11.3. The van der Waals surface area contributed by atoms with Crippen LogP contribution in [-0.2, 0) is 0 Å². The fourth-order valence-corrected chi connectivity index (χ4v) is 4.98. The first-order valence-corrected chi connectivity index (χ1v) is 7.83. The molecule has 0 aromatic rings. The summed E-state index contributed by atoms with van der Waals surface area (Å²) in [6, 6.07) is 0. The molecule has 0 saturated heterocycles. The van der Waals surface area contributed by atoms with E-state index in [0.29, 0.717) is 18.4 Å². The SMILES string of the molecule is CC1CC(C)CC(O)(C2(CN)CCCC(C)C2)C1. The summed E-state index contributed by atoms with van der Waals surface area (Å²) in [5.41, 5.74) is 5.63. The van der Waals surface area contributed by atoms with Crippen LogP contribution in [0.25, 0.3) is 0 Å². The molecular weight excluding hydrogens is 222 g/mol. The van der Waals surface area contributed by atoms with Crippen LogP contribution in [0.3, 0.4) is 0 Å². The van der Waals surface area contributed by atoms with Crippen molar-refractivity contribution in [3.63, 3.8) is 0 Å². The van der Waals surface area contributed by atoms with E-state index in [-0.39, 0.29) is 5.41 Å². The Morgan fingerprint density at radius 2 is 1.67 bits per heavy atom. The van der Waals surface area contributed by atoms with E-state index in [0.717, 1.165) is 31.6 Å². The Kier molecular flexibility index (Phi) is 4.08. The van der Waals surface area contributed by atoms with Crippen LogP contribution >= 0.6 is 0 Å². The van der Waals surface area contributed by atoms with Crippen molar-refractivity contribution in [3.05, 3.63) is 0 Å². The lowest BCUT2D eigenvalue weighted by Gasteiger charge is -2.54. The molecule has 18 heavy (non-hydrogen) atoms. The minimum atomic E-state index is -0.506. The summed E-state index contributed by atoms with van der Waals surface area (Å²) in [7, 11) is 0. The van der Waals surface area contributed by atoms with Gasteiger partial charge in [0.25, 0.3) is 0 Å². The fraction of sp³-hybridized carbons (Fsp3) is 1.00. The standard InChI is InChI=1S/C16H31NO/c1-12-5-4-6-15(8-12,11-17)16(18)9-13(2)7-14(3)10-16/h12-14,18H,4-11,17H2,1-3H3. The Morgan fingerprint density at radius 3 is 2.17 bits per heavy atom. The Bertz CT molecular complexity index is 281. The van der Waals surface area contributed by atoms with Crippen LogP contribution in [-0.4, -0.2) is 17.3 Å². The van der Waals surface area contributed by atoms with Crippen LogP contribution in [0.4, 0.5) is 0 Å². The van der Waals surface area contributed by atoms with Gasteiger partial charge in [0.05, 0.1) is 5.60 Å². The molecule has 2 nitrogen and oxygen atoms in total. The molecule has 2 aliphatic rings. The van der Waals surface area contributed by atoms with Gasteiger partial charge in [-0.05, 0) is 49.9 Å². The lowest BCUT2D eigenvalue weighted by Crippen LogP contribution is -2.57. The van der Waals surface area contributed by atoms with E-state index < -0.39 is 5.60 Å². The first-order chi connectivity index (χ1) is 8.41. The number of aliphatic hydroxyl groups is 1. The second-order valence-electron chi connectivity index (χ2n) is 7.57. The first-order valence-electron chi connectivity index (χ1n) is 7.83. The number of rotatable bonds is 2. The number of hydrogen-bond donors (Lipinski definition) is 2. The Labute approximate surface area is 112 Å². The van der Waals surface area contributed by atoms with Gasteiger partial charge in [0.1, 0.15) is 0 Å². The normalized spacial score (nSPS) is 50.2. The minimum absolute atomic E-state index is 0.00634. The Morgan fingerprint density at radius 1 is 1.06 bits per heavy atom. The van der Waals surface area contributed by atoms with E-state index in [4.69, 9.17) is 5.73 Å². The van der Waals surface area contributed by atoms with Gasteiger partial charge in [0.2, 0.25) is 0 Å². The van der Waals surface area contributed by atoms with Gasteiger partial charge >= 0.3 is 0 Å². The summed E-state index contributed by atoms with van der Waals surface area (Å²) in [5.74, 6) is 2.00. The second kappa shape index (κ2) is 5.13. The highest BCUT2D eigenvalue weighted by Gasteiger charge is 2.53. The molecule has 2 aliphatic carbocycles. The fourth-order valence-electron chi connectivity index (χ4n) is 4.98. The zero-order chi connectivity index (χ0) is 13.4. The van der Waals surface area contributed by atoms with Gasteiger partial charge in [0.15, 0.2) is 0 Å². The van der Waals surface area contributed by atoms with E-state index in [1.807, 2.05) is 0 Å². The van der Waals surface area contributed by atoms with E-state index in [2.05, 4.69) is 20.8 Å². The largest absolute Gasteiger partial charge is 0.389 e. The van der Waals surface area contributed by atoms with Crippen LogP contribution in [0.1, 0.15) is 65.7 Å². The molecule has 0 spiro atoms. The summed E-state index contributed by atoms with van der Waals surface area (Å²) >= 11 is 0. The topological polar surface area (TPSA) is 46.2 Å². The van der Waals surface area contributed by atoms with Crippen molar-refractivity contribution in [1.29, 1.82) is 0 Å². The molecule has 106 valence electrons. The third kappa shape index (κ3) is 2.46. The van der Waals surface area contributed by atoms with Gasteiger partial charge in [0, 0.05) is 12.0 Å². The summed E-state index contributed by atoms with van der Waals surface area (Å²) < 4.78 is 0. The molecule has 3 N–H and O–H groups in total.